The smallest absolute Gasteiger partial charge is 0.308 e. The lowest BCUT2D eigenvalue weighted by Gasteiger charge is -2.35. The van der Waals surface area contributed by atoms with E-state index in [1.807, 2.05) is 11.9 Å². The first-order valence-corrected chi connectivity index (χ1v) is 7.46. The van der Waals surface area contributed by atoms with Crippen molar-refractivity contribution in [1.29, 1.82) is 0 Å². The Balaban J connectivity index is 2.53. The highest BCUT2D eigenvalue weighted by molar-refractivity contribution is 7.90. The number of carbonyl (C=O) groups is 1. The van der Waals surface area contributed by atoms with Gasteiger partial charge in [0, 0.05) is 18.8 Å². The van der Waals surface area contributed by atoms with E-state index < -0.39 is 21.7 Å². The van der Waals surface area contributed by atoms with Gasteiger partial charge in [0.15, 0.2) is 0 Å². The van der Waals surface area contributed by atoms with Gasteiger partial charge in [0.1, 0.15) is 9.84 Å². The molecule has 16 heavy (non-hydrogen) atoms. The van der Waals surface area contributed by atoms with Gasteiger partial charge in [-0.2, -0.15) is 0 Å². The second kappa shape index (κ2) is 5.14. The number of nitrogens with zero attached hydrogens (tertiary/aromatic N) is 1. The van der Waals surface area contributed by atoms with E-state index in [1.165, 1.54) is 6.42 Å². The van der Waals surface area contributed by atoms with Gasteiger partial charge in [-0.25, -0.2) is 8.42 Å². The summed E-state index contributed by atoms with van der Waals surface area (Å²) in [5.41, 5.74) is 0. The zero-order valence-corrected chi connectivity index (χ0v) is 10.5. The van der Waals surface area contributed by atoms with Gasteiger partial charge in [0.25, 0.3) is 0 Å². The zero-order chi connectivity index (χ0) is 12.3. The predicted octanol–water partition coefficient (Wildman–Crippen LogP) is 0.216. The first-order valence-electron chi connectivity index (χ1n) is 5.40. The molecule has 5 nitrogen and oxygen atoms in total. The van der Waals surface area contributed by atoms with Crippen LogP contribution in [0.3, 0.4) is 0 Å². The molecule has 0 aromatic carbocycles. The van der Waals surface area contributed by atoms with Crippen LogP contribution in [0.4, 0.5) is 0 Å². The van der Waals surface area contributed by atoms with Crippen LogP contribution in [-0.4, -0.2) is 56.0 Å². The Hall–Kier alpha value is -0.620. The van der Waals surface area contributed by atoms with Gasteiger partial charge in [-0.3, -0.25) is 4.79 Å². The quantitative estimate of drug-likeness (QED) is 0.728. The summed E-state index contributed by atoms with van der Waals surface area (Å²) in [7, 11) is -1.37. The maximum absolute atomic E-state index is 11.1. The van der Waals surface area contributed by atoms with E-state index in [0.717, 1.165) is 19.1 Å². The Labute approximate surface area is 96.4 Å². The van der Waals surface area contributed by atoms with E-state index in [1.54, 1.807) is 0 Å². The van der Waals surface area contributed by atoms with Crippen LogP contribution in [0.2, 0.25) is 0 Å². The molecule has 0 heterocycles. The molecule has 0 bridgehead atoms. The Morgan fingerprint density at radius 2 is 2.06 bits per heavy atom. The molecule has 0 amide bonds. The highest BCUT2D eigenvalue weighted by atomic mass is 32.2. The number of hydrogen-bond acceptors (Lipinski definition) is 4. The zero-order valence-electron chi connectivity index (χ0n) is 9.72. The van der Waals surface area contributed by atoms with Crippen molar-refractivity contribution in [2.45, 2.75) is 25.3 Å². The summed E-state index contributed by atoms with van der Waals surface area (Å²) in [6.45, 7) is 0.313. The van der Waals surface area contributed by atoms with Crippen LogP contribution < -0.4 is 0 Å². The number of sulfone groups is 1. The fourth-order valence-electron chi connectivity index (χ4n) is 1.89. The van der Waals surface area contributed by atoms with Gasteiger partial charge >= 0.3 is 5.97 Å². The molecule has 0 saturated heterocycles. The third-order valence-corrected chi connectivity index (χ3v) is 4.07. The fourth-order valence-corrected chi connectivity index (χ4v) is 2.87. The topological polar surface area (TPSA) is 74.7 Å². The van der Waals surface area contributed by atoms with Crippen molar-refractivity contribution < 1.29 is 18.3 Å². The van der Waals surface area contributed by atoms with Crippen LogP contribution >= 0.6 is 0 Å². The molecule has 0 aliphatic heterocycles. The third kappa shape index (κ3) is 4.09. The average Bonchev–Trinajstić information content (AvgIpc) is 1.96. The van der Waals surface area contributed by atoms with Crippen LogP contribution in [0, 0.1) is 5.92 Å². The number of hydrogen-bond donors (Lipinski definition) is 1. The maximum Gasteiger partial charge on any atom is 0.308 e. The largest absolute Gasteiger partial charge is 0.481 e. The normalized spacial score (nSPS) is 19.4. The van der Waals surface area contributed by atoms with Crippen molar-refractivity contribution in [3.63, 3.8) is 0 Å². The minimum atomic E-state index is -3.24. The van der Waals surface area contributed by atoms with Crippen molar-refractivity contribution in [3.8, 4) is 0 Å². The Morgan fingerprint density at radius 3 is 2.38 bits per heavy atom. The molecule has 0 radical (unpaired) electrons. The molecule has 6 heteroatoms. The van der Waals surface area contributed by atoms with Gasteiger partial charge in [-0.05, 0) is 19.9 Å². The molecule has 1 aliphatic rings. The molecule has 1 fully saturated rings. The van der Waals surface area contributed by atoms with Gasteiger partial charge in [-0.15, -0.1) is 0 Å². The predicted molar refractivity (Wildman–Crippen MR) is 61.1 cm³/mol. The molecule has 1 aliphatic carbocycles. The Kier molecular flexibility index (Phi) is 4.32. The molecule has 1 atom stereocenters. The summed E-state index contributed by atoms with van der Waals surface area (Å²) in [4.78, 5) is 12.9. The van der Waals surface area contributed by atoms with Crippen molar-refractivity contribution in [1.82, 2.24) is 4.90 Å². The second-order valence-electron chi connectivity index (χ2n) is 4.65. The van der Waals surface area contributed by atoms with Crippen molar-refractivity contribution in [2.75, 3.05) is 25.6 Å². The Bertz CT molecular complexity index is 348. The van der Waals surface area contributed by atoms with Crippen molar-refractivity contribution in [3.05, 3.63) is 0 Å². The molecule has 0 aromatic rings. The van der Waals surface area contributed by atoms with Gasteiger partial charge < -0.3 is 10.0 Å². The lowest BCUT2D eigenvalue weighted by molar-refractivity contribution is -0.141. The molecular weight excluding hydrogens is 230 g/mol. The lowest BCUT2D eigenvalue weighted by Crippen LogP contribution is -2.43. The monoisotopic (exact) mass is 249 g/mol. The summed E-state index contributed by atoms with van der Waals surface area (Å²) in [5, 5.41) is 8.97. The third-order valence-electron chi connectivity index (χ3n) is 3.06. The molecule has 1 saturated carbocycles. The summed E-state index contributed by atoms with van der Waals surface area (Å²) < 4.78 is 22.2. The summed E-state index contributed by atoms with van der Waals surface area (Å²) in [6, 6.07) is 0.432. The Morgan fingerprint density at radius 1 is 1.50 bits per heavy atom. The van der Waals surface area contributed by atoms with Gasteiger partial charge in [0.05, 0.1) is 11.7 Å². The lowest BCUT2D eigenvalue weighted by atomic mass is 9.91. The minimum absolute atomic E-state index is 0.278. The first-order chi connectivity index (χ1) is 7.29. The summed E-state index contributed by atoms with van der Waals surface area (Å²) in [5.74, 6) is -2.13. The van der Waals surface area contributed by atoms with E-state index in [2.05, 4.69) is 0 Å². The van der Waals surface area contributed by atoms with E-state index in [4.69, 9.17) is 5.11 Å². The molecule has 1 rings (SSSR count). The highest BCUT2D eigenvalue weighted by Gasteiger charge is 2.28. The second-order valence-corrected chi connectivity index (χ2v) is 6.84. The van der Waals surface area contributed by atoms with Crippen molar-refractivity contribution in [2.24, 2.45) is 5.92 Å². The van der Waals surface area contributed by atoms with Crippen LogP contribution in [0.25, 0.3) is 0 Å². The molecule has 1 unspecified atom stereocenters. The fraction of sp³-hybridized carbons (Fsp3) is 0.900. The average molecular weight is 249 g/mol. The van der Waals surface area contributed by atoms with E-state index in [-0.39, 0.29) is 5.75 Å². The molecular formula is C10H19NO4S. The van der Waals surface area contributed by atoms with Crippen LogP contribution in [0.15, 0.2) is 0 Å². The number of rotatable bonds is 6. The van der Waals surface area contributed by atoms with Crippen LogP contribution in [-0.2, 0) is 14.6 Å². The van der Waals surface area contributed by atoms with Crippen molar-refractivity contribution >= 4 is 15.8 Å². The molecule has 1 N–H and O–H groups in total. The number of carboxylic acids is 1. The highest BCUT2D eigenvalue weighted by Crippen LogP contribution is 2.24. The SMILES string of the molecule is CN(CC(CS(C)(=O)=O)C(=O)O)C1CCC1. The summed E-state index contributed by atoms with van der Waals surface area (Å²) in [6.07, 6.45) is 4.43. The molecule has 94 valence electrons. The maximum atomic E-state index is 11.1. The standard InChI is InChI=1S/C10H19NO4S/c1-11(9-4-3-5-9)6-8(10(12)13)7-16(2,14)15/h8-9H,3-7H2,1-2H3,(H,12,13). The van der Waals surface area contributed by atoms with Gasteiger partial charge in [0.2, 0.25) is 0 Å². The molecule has 0 spiro atoms. The summed E-state index contributed by atoms with van der Waals surface area (Å²) >= 11 is 0. The van der Waals surface area contributed by atoms with E-state index >= 15 is 0 Å². The minimum Gasteiger partial charge on any atom is -0.481 e. The first kappa shape index (κ1) is 13.4. The molecule has 0 aromatic heterocycles. The van der Waals surface area contributed by atoms with Crippen LogP contribution in [0.1, 0.15) is 19.3 Å². The number of aliphatic carboxylic acids is 1. The van der Waals surface area contributed by atoms with E-state index in [0.29, 0.717) is 12.6 Å². The van der Waals surface area contributed by atoms with E-state index in [9.17, 15) is 13.2 Å². The van der Waals surface area contributed by atoms with Crippen LogP contribution in [0.5, 0.6) is 0 Å². The number of carboxylic acid groups (broad SMARTS) is 1. The van der Waals surface area contributed by atoms with Gasteiger partial charge in [-0.1, -0.05) is 6.42 Å².